The average Bonchev–Trinajstić information content (AvgIpc) is 2.95. The molecule has 0 bridgehead atoms. The van der Waals surface area contributed by atoms with Crippen molar-refractivity contribution in [1.82, 2.24) is 15.5 Å². The van der Waals surface area contributed by atoms with Gasteiger partial charge in [0, 0.05) is 6.54 Å². The lowest BCUT2D eigenvalue weighted by molar-refractivity contribution is -0.135. The van der Waals surface area contributed by atoms with Gasteiger partial charge in [0.1, 0.15) is 17.9 Å². The van der Waals surface area contributed by atoms with Crippen LogP contribution in [0.1, 0.15) is 30.9 Å². The van der Waals surface area contributed by atoms with Gasteiger partial charge in [0.05, 0.1) is 0 Å². The number of rotatable bonds is 8. The first-order valence-corrected chi connectivity index (χ1v) is 9.67. The van der Waals surface area contributed by atoms with Crippen LogP contribution in [-0.4, -0.2) is 35.8 Å². The molecule has 0 spiro atoms. The molecule has 152 valence electrons. The second kappa shape index (κ2) is 8.86. The van der Waals surface area contributed by atoms with E-state index in [4.69, 9.17) is 0 Å². The van der Waals surface area contributed by atoms with Gasteiger partial charge in [-0.3, -0.25) is 14.5 Å². The average molecular weight is 397 g/mol. The Morgan fingerprint density at radius 2 is 1.79 bits per heavy atom. The van der Waals surface area contributed by atoms with Gasteiger partial charge < -0.3 is 10.6 Å². The first-order chi connectivity index (χ1) is 14.0. The van der Waals surface area contributed by atoms with Gasteiger partial charge >= 0.3 is 6.03 Å². The predicted octanol–water partition coefficient (Wildman–Crippen LogP) is 2.73. The molecule has 1 fully saturated rings. The van der Waals surface area contributed by atoms with Crippen molar-refractivity contribution in [3.05, 3.63) is 71.5 Å². The molecule has 2 aromatic carbocycles. The molecule has 0 radical (unpaired) electrons. The highest BCUT2D eigenvalue weighted by molar-refractivity contribution is 6.09. The zero-order valence-electron chi connectivity index (χ0n) is 16.3. The molecule has 1 aliphatic rings. The number of amides is 4. The van der Waals surface area contributed by atoms with E-state index < -0.39 is 23.4 Å². The number of carbonyl (C=O) groups excluding carboxylic acids is 3. The predicted molar refractivity (Wildman–Crippen MR) is 106 cm³/mol. The number of carbonyl (C=O) groups is 3. The van der Waals surface area contributed by atoms with Crippen molar-refractivity contribution >= 4 is 17.8 Å². The Kier molecular flexibility index (Phi) is 6.26. The third-order valence-electron chi connectivity index (χ3n) is 5.04. The third-order valence-corrected chi connectivity index (χ3v) is 5.04. The number of imide groups is 1. The van der Waals surface area contributed by atoms with Gasteiger partial charge in [-0.1, -0.05) is 61.9 Å². The van der Waals surface area contributed by atoms with Gasteiger partial charge in [-0.05, 0) is 30.0 Å². The molecule has 2 aromatic rings. The smallest absolute Gasteiger partial charge is 0.325 e. The van der Waals surface area contributed by atoms with Crippen LogP contribution in [0.5, 0.6) is 0 Å². The Hall–Kier alpha value is -3.22. The van der Waals surface area contributed by atoms with Crippen LogP contribution in [0.3, 0.4) is 0 Å². The number of hydrogen-bond acceptors (Lipinski definition) is 3. The molecule has 1 saturated heterocycles. The lowest BCUT2D eigenvalue weighted by Gasteiger charge is -2.26. The summed E-state index contributed by atoms with van der Waals surface area (Å²) in [5.74, 6) is -1.23. The number of halogens is 1. The monoisotopic (exact) mass is 397 g/mol. The molecular formula is C22H24FN3O3. The molecule has 29 heavy (non-hydrogen) atoms. The lowest BCUT2D eigenvalue weighted by atomic mass is 9.85. The topological polar surface area (TPSA) is 78.5 Å². The summed E-state index contributed by atoms with van der Waals surface area (Å²) in [6, 6.07) is 14.8. The molecule has 7 heteroatoms. The van der Waals surface area contributed by atoms with Crippen LogP contribution in [0.25, 0.3) is 0 Å². The molecule has 4 amide bonds. The van der Waals surface area contributed by atoms with Crippen LogP contribution < -0.4 is 10.6 Å². The van der Waals surface area contributed by atoms with E-state index in [0.717, 1.165) is 4.90 Å². The molecule has 3 rings (SSSR count). The number of benzene rings is 2. The number of urea groups is 1. The zero-order chi connectivity index (χ0) is 20.9. The second-order valence-electron chi connectivity index (χ2n) is 7.03. The van der Waals surface area contributed by atoms with Crippen LogP contribution in [0.15, 0.2) is 54.6 Å². The fraction of sp³-hybridized carbons (Fsp3) is 0.318. The van der Waals surface area contributed by atoms with Crippen molar-refractivity contribution in [2.24, 2.45) is 0 Å². The second-order valence-corrected chi connectivity index (χ2v) is 7.03. The molecule has 0 aromatic heterocycles. The first kappa shape index (κ1) is 20.5. The Labute approximate surface area is 169 Å². The zero-order valence-corrected chi connectivity index (χ0v) is 16.3. The SMILES string of the molecule is CCC[C@]1(c2ccccc2)NC(=O)N(CC(=O)NCCc2ccccc2F)C1=O. The largest absolute Gasteiger partial charge is 0.354 e. The van der Waals surface area contributed by atoms with Gasteiger partial charge in [0.25, 0.3) is 5.91 Å². The summed E-state index contributed by atoms with van der Waals surface area (Å²) < 4.78 is 13.6. The minimum absolute atomic E-state index is 0.211. The van der Waals surface area contributed by atoms with Crippen molar-refractivity contribution in [2.75, 3.05) is 13.1 Å². The highest BCUT2D eigenvalue weighted by Crippen LogP contribution is 2.33. The number of nitrogens with one attached hydrogen (secondary N) is 2. The molecule has 1 atom stereocenters. The molecule has 6 nitrogen and oxygen atoms in total. The first-order valence-electron chi connectivity index (χ1n) is 9.67. The van der Waals surface area contributed by atoms with Gasteiger partial charge in [-0.25, -0.2) is 9.18 Å². The van der Waals surface area contributed by atoms with Gasteiger partial charge in [-0.15, -0.1) is 0 Å². The highest BCUT2D eigenvalue weighted by atomic mass is 19.1. The Morgan fingerprint density at radius 3 is 2.48 bits per heavy atom. The van der Waals surface area contributed by atoms with Crippen LogP contribution in [0.4, 0.5) is 9.18 Å². The Bertz CT molecular complexity index is 903. The van der Waals surface area contributed by atoms with E-state index in [1.54, 1.807) is 30.3 Å². The maximum atomic E-state index is 13.6. The summed E-state index contributed by atoms with van der Waals surface area (Å²) in [5, 5.41) is 5.43. The van der Waals surface area contributed by atoms with E-state index >= 15 is 0 Å². The van der Waals surface area contributed by atoms with Crippen LogP contribution >= 0.6 is 0 Å². The third kappa shape index (κ3) is 4.29. The molecule has 0 saturated carbocycles. The summed E-state index contributed by atoms with van der Waals surface area (Å²) in [5.41, 5.74) is 0.0390. The van der Waals surface area contributed by atoms with E-state index in [0.29, 0.717) is 30.4 Å². The van der Waals surface area contributed by atoms with Gasteiger partial charge in [0.2, 0.25) is 5.91 Å². The van der Waals surface area contributed by atoms with Gasteiger partial charge in [0.15, 0.2) is 0 Å². The summed E-state index contributed by atoms with van der Waals surface area (Å²) in [6.07, 6.45) is 1.44. The van der Waals surface area contributed by atoms with Crippen molar-refractivity contribution < 1.29 is 18.8 Å². The van der Waals surface area contributed by atoms with Crippen molar-refractivity contribution in [2.45, 2.75) is 31.7 Å². The van der Waals surface area contributed by atoms with Crippen molar-refractivity contribution in [1.29, 1.82) is 0 Å². The number of hydrogen-bond donors (Lipinski definition) is 2. The maximum absolute atomic E-state index is 13.6. The Morgan fingerprint density at radius 1 is 1.10 bits per heavy atom. The van der Waals surface area contributed by atoms with E-state index in [-0.39, 0.29) is 18.9 Å². The van der Waals surface area contributed by atoms with Gasteiger partial charge in [-0.2, -0.15) is 0 Å². The Balaban J connectivity index is 1.65. The quantitative estimate of drug-likeness (QED) is 0.673. The van der Waals surface area contributed by atoms with Crippen molar-refractivity contribution in [3.8, 4) is 0 Å². The maximum Gasteiger partial charge on any atom is 0.325 e. The minimum atomic E-state index is -1.15. The summed E-state index contributed by atoms with van der Waals surface area (Å²) in [7, 11) is 0. The molecule has 1 aliphatic heterocycles. The summed E-state index contributed by atoms with van der Waals surface area (Å²) in [6.45, 7) is 1.77. The molecule has 1 heterocycles. The number of nitrogens with zero attached hydrogens (tertiary/aromatic N) is 1. The normalized spacial score (nSPS) is 18.6. The van der Waals surface area contributed by atoms with E-state index in [2.05, 4.69) is 10.6 Å². The van der Waals surface area contributed by atoms with Crippen molar-refractivity contribution in [3.63, 3.8) is 0 Å². The van der Waals surface area contributed by atoms with E-state index in [1.165, 1.54) is 6.07 Å². The highest BCUT2D eigenvalue weighted by Gasteiger charge is 2.52. The van der Waals surface area contributed by atoms with Crippen LogP contribution in [-0.2, 0) is 21.5 Å². The minimum Gasteiger partial charge on any atom is -0.354 e. The van der Waals surface area contributed by atoms with Crippen LogP contribution in [0, 0.1) is 5.82 Å². The van der Waals surface area contributed by atoms with E-state index in [9.17, 15) is 18.8 Å². The van der Waals surface area contributed by atoms with Crippen LogP contribution in [0.2, 0.25) is 0 Å². The lowest BCUT2D eigenvalue weighted by Crippen LogP contribution is -2.45. The van der Waals surface area contributed by atoms with E-state index in [1.807, 2.05) is 25.1 Å². The molecule has 0 unspecified atom stereocenters. The molecule has 2 N–H and O–H groups in total. The molecular weight excluding hydrogens is 373 g/mol. The molecule has 0 aliphatic carbocycles. The standard InChI is InChI=1S/C22H24FN3O3/c1-2-13-22(17-9-4-3-5-10-17)20(28)26(21(29)25-22)15-19(27)24-14-12-16-8-6-7-11-18(16)23/h3-11H,2,12-15H2,1H3,(H,24,27)(H,25,29)/t22-/m1/s1. The fourth-order valence-electron chi connectivity index (χ4n) is 3.61. The summed E-state index contributed by atoms with van der Waals surface area (Å²) in [4.78, 5) is 38.8. The fourth-order valence-corrected chi connectivity index (χ4v) is 3.61. The summed E-state index contributed by atoms with van der Waals surface area (Å²) >= 11 is 0.